The molecule has 0 fully saturated rings. The second-order valence-electron chi connectivity index (χ2n) is 2.26. The van der Waals surface area contributed by atoms with E-state index in [4.69, 9.17) is 33.2 Å². The predicted octanol–water partition coefficient (Wildman–Crippen LogP) is -2.26. The minimum atomic E-state index is -1.72. The molecule has 3 N–H and O–H groups in total. The molecule has 0 aromatic heterocycles. The van der Waals surface area contributed by atoms with Crippen LogP contribution in [0, 0.1) is 11.3 Å². The van der Waals surface area contributed by atoms with Gasteiger partial charge in [-0.15, -0.1) is 0 Å². The molecule has 0 spiro atoms. The molecule has 0 aromatic rings. The summed E-state index contributed by atoms with van der Waals surface area (Å²) in [4.78, 5) is 0. The molecule has 0 saturated heterocycles. The Balaban J connectivity index is 4.22. The molecule has 1 unspecified atom stereocenters. The predicted molar refractivity (Wildman–Crippen MR) is 40.2 cm³/mol. The monoisotopic (exact) mass is 171 g/mol. The van der Waals surface area contributed by atoms with E-state index < -0.39 is 31.4 Å². The van der Waals surface area contributed by atoms with Gasteiger partial charge in [0.2, 0.25) is 0 Å². The SMILES string of the molecule is [B]C(CO)OC(C#N)(CO)CO. The normalized spacial score (nSPS) is 13.8. The van der Waals surface area contributed by atoms with E-state index in [0.717, 1.165) is 0 Å². The van der Waals surface area contributed by atoms with E-state index in [1.54, 1.807) is 6.07 Å². The van der Waals surface area contributed by atoms with Crippen molar-refractivity contribution in [1.29, 1.82) is 5.26 Å². The van der Waals surface area contributed by atoms with Crippen LogP contribution in [0.3, 0.4) is 0 Å². The summed E-state index contributed by atoms with van der Waals surface area (Å²) >= 11 is 0. The van der Waals surface area contributed by atoms with E-state index in [1.807, 2.05) is 0 Å². The Morgan fingerprint density at radius 3 is 2.17 bits per heavy atom. The third kappa shape index (κ3) is 2.79. The van der Waals surface area contributed by atoms with Gasteiger partial charge < -0.3 is 20.1 Å². The van der Waals surface area contributed by atoms with Crippen LogP contribution in [-0.2, 0) is 4.74 Å². The molecule has 6 heteroatoms. The molecule has 12 heavy (non-hydrogen) atoms. The molecule has 0 aliphatic heterocycles. The van der Waals surface area contributed by atoms with Crippen LogP contribution >= 0.6 is 0 Å². The first-order valence-electron chi connectivity index (χ1n) is 3.31. The topological polar surface area (TPSA) is 93.7 Å². The molecule has 0 rings (SSSR count). The van der Waals surface area contributed by atoms with Crippen molar-refractivity contribution >= 4 is 7.85 Å². The molecule has 0 bridgehead atoms. The Morgan fingerprint density at radius 1 is 1.42 bits per heavy atom. The van der Waals surface area contributed by atoms with Gasteiger partial charge in [-0.3, -0.25) is 0 Å². The lowest BCUT2D eigenvalue weighted by atomic mass is 9.99. The van der Waals surface area contributed by atoms with Crippen LogP contribution < -0.4 is 0 Å². The molecule has 5 nitrogen and oxygen atoms in total. The molecule has 0 saturated carbocycles. The molecule has 0 aliphatic carbocycles. The third-order valence-corrected chi connectivity index (χ3v) is 1.27. The van der Waals surface area contributed by atoms with Crippen LogP contribution in [0.4, 0.5) is 0 Å². The summed E-state index contributed by atoms with van der Waals surface area (Å²) in [6.45, 7) is -1.83. The van der Waals surface area contributed by atoms with Crippen molar-refractivity contribution in [3.05, 3.63) is 0 Å². The highest BCUT2D eigenvalue weighted by Crippen LogP contribution is 2.09. The Bertz CT molecular complexity index is 165. The van der Waals surface area contributed by atoms with Gasteiger partial charge in [-0.1, -0.05) is 0 Å². The van der Waals surface area contributed by atoms with Gasteiger partial charge in [0.15, 0.2) is 5.60 Å². The van der Waals surface area contributed by atoms with Crippen molar-refractivity contribution < 1.29 is 20.1 Å². The maximum absolute atomic E-state index is 8.68. The number of hydrogen-bond acceptors (Lipinski definition) is 5. The molecule has 66 valence electrons. The number of hydrogen-bond donors (Lipinski definition) is 3. The summed E-state index contributed by atoms with van der Waals surface area (Å²) in [5.41, 5.74) is -1.72. The molecule has 0 amide bonds. The number of aliphatic hydroxyl groups is 3. The average Bonchev–Trinajstić information content (AvgIpc) is 2.14. The fraction of sp³-hybridized carbons (Fsp3) is 0.833. The summed E-state index contributed by atoms with van der Waals surface area (Å²) in [5, 5.41) is 34.3. The number of nitriles is 1. The zero-order valence-electron chi connectivity index (χ0n) is 6.47. The van der Waals surface area contributed by atoms with Crippen molar-refractivity contribution in [1.82, 2.24) is 0 Å². The Labute approximate surface area is 71.6 Å². The van der Waals surface area contributed by atoms with E-state index in [2.05, 4.69) is 0 Å². The average molecular weight is 171 g/mol. The van der Waals surface area contributed by atoms with Crippen molar-refractivity contribution in [3.8, 4) is 6.07 Å². The summed E-state index contributed by atoms with van der Waals surface area (Å²) in [7, 11) is 5.14. The van der Waals surface area contributed by atoms with Crippen molar-refractivity contribution in [2.24, 2.45) is 0 Å². The van der Waals surface area contributed by atoms with Crippen LogP contribution in [-0.4, -0.2) is 54.6 Å². The van der Waals surface area contributed by atoms with Crippen LogP contribution in [0.15, 0.2) is 0 Å². The summed E-state index contributed by atoms with van der Waals surface area (Å²) < 4.78 is 4.70. The van der Waals surface area contributed by atoms with E-state index >= 15 is 0 Å². The lowest BCUT2D eigenvalue weighted by Crippen LogP contribution is -2.43. The minimum Gasteiger partial charge on any atom is -0.395 e. The lowest BCUT2D eigenvalue weighted by Gasteiger charge is -2.25. The van der Waals surface area contributed by atoms with Gasteiger partial charge in [0.25, 0.3) is 0 Å². The van der Waals surface area contributed by atoms with Gasteiger partial charge in [0, 0.05) is 6.00 Å². The highest BCUT2D eigenvalue weighted by atomic mass is 16.5. The van der Waals surface area contributed by atoms with Gasteiger partial charge in [-0.05, 0) is 0 Å². The maximum Gasteiger partial charge on any atom is 0.199 e. The van der Waals surface area contributed by atoms with Crippen molar-refractivity contribution in [3.63, 3.8) is 0 Å². The number of aliphatic hydroxyl groups excluding tert-OH is 3. The standard InChI is InChI=1S/C6H10BNO4/c7-5(1-9)12-6(2-8,3-10)4-11/h5,9-11H,1,3-4H2. The van der Waals surface area contributed by atoms with Crippen LogP contribution in [0.1, 0.15) is 0 Å². The third-order valence-electron chi connectivity index (χ3n) is 1.27. The Hall–Kier alpha value is -0.605. The fourth-order valence-electron chi connectivity index (χ4n) is 0.549. The van der Waals surface area contributed by atoms with E-state index in [9.17, 15) is 0 Å². The quantitative estimate of drug-likeness (QED) is 0.405. The first-order chi connectivity index (χ1) is 5.64. The van der Waals surface area contributed by atoms with Gasteiger partial charge in [0.1, 0.15) is 13.9 Å². The molecule has 0 aliphatic rings. The van der Waals surface area contributed by atoms with Crippen LogP contribution in [0.25, 0.3) is 0 Å². The van der Waals surface area contributed by atoms with Gasteiger partial charge in [0.05, 0.1) is 19.8 Å². The summed E-state index contributed by atoms with van der Waals surface area (Å²) in [6, 6.07) is 0.487. The van der Waals surface area contributed by atoms with Gasteiger partial charge in [-0.25, -0.2) is 0 Å². The molecule has 0 heterocycles. The van der Waals surface area contributed by atoms with E-state index in [0.29, 0.717) is 0 Å². The largest absolute Gasteiger partial charge is 0.395 e. The lowest BCUT2D eigenvalue weighted by molar-refractivity contribution is -0.0943. The fourth-order valence-corrected chi connectivity index (χ4v) is 0.549. The molecule has 1 atom stereocenters. The first-order valence-corrected chi connectivity index (χ1v) is 3.31. The zero-order chi connectivity index (χ0) is 9.61. The second kappa shape index (κ2) is 5.11. The maximum atomic E-state index is 8.68. The zero-order valence-corrected chi connectivity index (χ0v) is 6.47. The number of rotatable bonds is 5. The smallest absolute Gasteiger partial charge is 0.199 e. The molecule has 2 radical (unpaired) electrons. The van der Waals surface area contributed by atoms with E-state index in [-0.39, 0.29) is 0 Å². The minimum absolute atomic E-state index is 0.483. The van der Waals surface area contributed by atoms with Gasteiger partial charge >= 0.3 is 0 Å². The number of nitrogens with zero attached hydrogens (tertiary/aromatic N) is 1. The van der Waals surface area contributed by atoms with Crippen molar-refractivity contribution in [2.45, 2.75) is 11.6 Å². The highest BCUT2D eigenvalue weighted by Gasteiger charge is 2.31. The van der Waals surface area contributed by atoms with Crippen LogP contribution in [0.2, 0.25) is 0 Å². The Kier molecular flexibility index (Phi) is 4.86. The Morgan fingerprint density at radius 2 is 1.92 bits per heavy atom. The first kappa shape index (κ1) is 11.4. The van der Waals surface area contributed by atoms with Gasteiger partial charge in [-0.2, -0.15) is 5.26 Å². The van der Waals surface area contributed by atoms with E-state index in [1.165, 1.54) is 0 Å². The molecular formula is C6H10BNO4. The summed E-state index contributed by atoms with van der Waals surface area (Å²) in [5.74, 6) is 0. The second-order valence-corrected chi connectivity index (χ2v) is 2.26. The van der Waals surface area contributed by atoms with Crippen LogP contribution in [0.5, 0.6) is 0 Å². The number of ether oxygens (including phenoxy) is 1. The molecular weight excluding hydrogens is 161 g/mol. The van der Waals surface area contributed by atoms with Crippen molar-refractivity contribution in [2.75, 3.05) is 19.8 Å². The summed E-state index contributed by atoms with van der Waals surface area (Å²) in [6.07, 6.45) is 0. The molecule has 0 aromatic carbocycles. The highest BCUT2D eigenvalue weighted by molar-refractivity contribution is 6.11.